The van der Waals surface area contributed by atoms with Crippen molar-refractivity contribution >= 4 is 40.4 Å². The molecule has 0 aliphatic carbocycles. The maximum Gasteiger partial charge on any atom is 0.377 e. The Balaban J connectivity index is 0.000000421. The molecular weight excluding hydrogens is 575 g/mol. The van der Waals surface area contributed by atoms with Gasteiger partial charge in [0, 0.05) is 56.3 Å². The number of urea groups is 1. The number of carbonyl (C=O) groups is 4. The number of benzene rings is 2. The van der Waals surface area contributed by atoms with Crippen molar-refractivity contribution in [3.63, 3.8) is 0 Å². The molecule has 2 fully saturated rings. The van der Waals surface area contributed by atoms with Gasteiger partial charge in [-0.2, -0.15) is 0 Å². The Hall–Kier alpha value is -4.69. The van der Waals surface area contributed by atoms with Crippen LogP contribution in [0, 0.1) is 5.82 Å². The zero-order valence-electron chi connectivity index (χ0n) is 24.8. The van der Waals surface area contributed by atoms with Crippen LogP contribution in [0.1, 0.15) is 40.1 Å². The van der Waals surface area contributed by atoms with Crippen LogP contribution < -0.4 is 21.1 Å². The van der Waals surface area contributed by atoms with E-state index in [4.69, 9.17) is 20.9 Å². The number of aromatic nitrogens is 1. The van der Waals surface area contributed by atoms with Crippen molar-refractivity contribution < 1.29 is 38.1 Å². The molecule has 236 valence electrons. The highest BCUT2D eigenvalue weighted by Gasteiger charge is 2.35. The number of rotatable bonds is 7. The number of carboxylic acid groups (broad SMARTS) is 1. The molecule has 3 aromatic rings. The number of hydrogen-bond donors (Lipinski definition) is 4. The van der Waals surface area contributed by atoms with E-state index in [0.29, 0.717) is 57.3 Å². The molecule has 2 atom stereocenters. The van der Waals surface area contributed by atoms with Crippen LogP contribution in [0.15, 0.2) is 36.4 Å². The summed E-state index contributed by atoms with van der Waals surface area (Å²) in [7, 11) is 1.39. The number of aliphatic carboxylic acids is 1. The first-order valence-electron chi connectivity index (χ1n) is 14.1. The van der Waals surface area contributed by atoms with E-state index in [2.05, 4.69) is 9.88 Å². The predicted molar refractivity (Wildman–Crippen MR) is 160 cm³/mol. The summed E-state index contributed by atoms with van der Waals surface area (Å²) in [5.41, 5.74) is 11.9. The number of carbonyl (C=O) groups excluding carboxylic acids is 3. The molecule has 1 aromatic heterocycles. The van der Waals surface area contributed by atoms with Crippen LogP contribution in [0.5, 0.6) is 5.75 Å². The van der Waals surface area contributed by atoms with Gasteiger partial charge in [-0.1, -0.05) is 12.1 Å². The monoisotopic (exact) mass is 612 g/mol. The molecule has 0 saturated carbocycles. The second-order valence-corrected chi connectivity index (χ2v) is 10.8. The van der Waals surface area contributed by atoms with Gasteiger partial charge in [-0.15, -0.1) is 0 Å². The van der Waals surface area contributed by atoms with Crippen LogP contribution in [0.4, 0.5) is 15.0 Å². The second-order valence-electron chi connectivity index (χ2n) is 10.8. The number of carboxylic acids is 1. The number of aromatic amines is 1. The van der Waals surface area contributed by atoms with Gasteiger partial charge in [-0.05, 0) is 37.6 Å². The van der Waals surface area contributed by atoms with Crippen LogP contribution >= 0.6 is 0 Å². The summed E-state index contributed by atoms with van der Waals surface area (Å²) < 4.78 is 23.5. The van der Waals surface area contributed by atoms with E-state index in [0.717, 1.165) is 5.56 Å². The third-order valence-corrected chi connectivity index (χ3v) is 7.81. The number of fused-ring (bicyclic) bond motifs is 1. The molecule has 5 rings (SSSR count). The molecule has 14 heteroatoms. The third kappa shape index (κ3) is 7.09. The highest BCUT2D eigenvalue weighted by molar-refractivity contribution is 6.43. The van der Waals surface area contributed by atoms with E-state index in [-0.39, 0.29) is 46.2 Å². The number of ketones is 1. The summed E-state index contributed by atoms with van der Waals surface area (Å²) in [5, 5.41) is 9.81. The average Bonchev–Trinajstić information content (AvgIpc) is 3.37. The van der Waals surface area contributed by atoms with Gasteiger partial charge in [0.15, 0.2) is 0 Å². The zero-order chi connectivity index (χ0) is 32.1. The number of methoxy groups -OCH3 is 1. The van der Waals surface area contributed by atoms with Crippen molar-refractivity contribution in [1.29, 1.82) is 0 Å². The Bertz CT molecular complexity index is 1540. The topological polar surface area (TPSA) is 185 Å². The molecule has 2 aromatic carbocycles. The van der Waals surface area contributed by atoms with E-state index >= 15 is 0 Å². The number of H-pyrrole nitrogens is 1. The van der Waals surface area contributed by atoms with Crippen molar-refractivity contribution in [1.82, 2.24) is 14.8 Å². The summed E-state index contributed by atoms with van der Waals surface area (Å²) >= 11 is 0. The number of Topliss-reactive ketones (excluding diaryl/α,β-unsaturated/α-hetero) is 1. The minimum absolute atomic E-state index is 0.0244. The van der Waals surface area contributed by atoms with Gasteiger partial charge in [0.1, 0.15) is 17.4 Å². The summed E-state index contributed by atoms with van der Waals surface area (Å²) in [6, 6.07) is 8.92. The van der Waals surface area contributed by atoms with Gasteiger partial charge in [-0.3, -0.25) is 14.5 Å². The highest BCUT2D eigenvalue weighted by atomic mass is 19.1. The number of anilines is 1. The normalized spacial score (nSPS) is 18.8. The van der Waals surface area contributed by atoms with Crippen molar-refractivity contribution in [2.45, 2.75) is 32.5 Å². The Morgan fingerprint density at radius 1 is 1.05 bits per heavy atom. The number of amides is 3. The first-order chi connectivity index (χ1) is 20.9. The number of halogens is 1. The Morgan fingerprint density at radius 3 is 2.25 bits per heavy atom. The molecule has 0 spiro atoms. The van der Waals surface area contributed by atoms with Crippen molar-refractivity contribution in [2.75, 3.05) is 51.4 Å². The third-order valence-electron chi connectivity index (χ3n) is 7.81. The molecule has 2 aliphatic rings. The Labute approximate surface area is 253 Å². The Morgan fingerprint density at radius 2 is 1.70 bits per heavy atom. The van der Waals surface area contributed by atoms with Gasteiger partial charge >= 0.3 is 12.0 Å². The maximum atomic E-state index is 13.3. The van der Waals surface area contributed by atoms with Crippen LogP contribution in [-0.2, 0) is 16.1 Å². The fourth-order valence-corrected chi connectivity index (χ4v) is 5.46. The van der Waals surface area contributed by atoms with Gasteiger partial charge in [0.25, 0.3) is 11.7 Å². The summed E-state index contributed by atoms with van der Waals surface area (Å²) in [6.45, 7) is 8.29. The number of nitrogens with zero attached hydrogens (tertiary/aromatic N) is 3. The highest BCUT2D eigenvalue weighted by Crippen LogP contribution is 2.36. The molecular formula is C30H37FN6O7. The molecule has 44 heavy (non-hydrogen) atoms. The molecule has 2 saturated heterocycles. The number of morpholine rings is 1. The molecule has 13 nitrogen and oxygen atoms in total. The lowest BCUT2D eigenvalue weighted by molar-refractivity contribution is -0.131. The lowest BCUT2D eigenvalue weighted by Gasteiger charge is -2.45. The standard InChI is InChI=1S/C25H27FN4O5.C5H10N2O2/c1-13-11-30(14(2)10-29(13)12-15-4-6-16(26)7-5-15)24-21(22(31)25(33)34)17-8-18(23(27)32)20(35-3)9-19(17)28-24;6-5(8)7-1-3-9-4-2-7/h4-9,13-14,28H,10-12H2,1-3H3,(H2,27,32)(H,33,34);1-4H2,(H2,6,8). The van der Waals surface area contributed by atoms with Gasteiger partial charge in [0.05, 0.1) is 37.0 Å². The minimum atomic E-state index is -1.60. The molecule has 3 heterocycles. The fourth-order valence-electron chi connectivity index (χ4n) is 5.46. The number of nitrogens with one attached hydrogen (secondary N) is 1. The van der Waals surface area contributed by atoms with Gasteiger partial charge in [-0.25, -0.2) is 14.0 Å². The van der Waals surface area contributed by atoms with E-state index in [1.165, 1.54) is 31.4 Å². The quantitative estimate of drug-likeness (QED) is 0.229. The van der Waals surface area contributed by atoms with Crippen LogP contribution in [0.25, 0.3) is 10.9 Å². The van der Waals surface area contributed by atoms with Gasteiger partial charge in [0.2, 0.25) is 0 Å². The van der Waals surface area contributed by atoms with E-state index < -0.39 is 17.7 Å². The molecule has 0 radical (unpaired) electrons. The summed E-state index contributed by atoms with van der Waals surface area (Å²) in [5.74, 6) is -3.13. The van der Waals surface area contributed by atoms with Crippen molar-refractivity contribution in [3.8, 4) is 5.75 Å². The van der Waals surface area contributed by atoms with E-state index in [1.54, 1.807) is 17.0 Å². The SMILES string of the molecule is COc1cc2[nH]c(N3CC(C)N(Cc4ccc(F)cc4)CC3C)c(C(=O)C(=O)O)c2cc1C(N)=O.NC(=O)N1CCOCC1. The smallest absolute Gasteiger partial charge is 0.377 e. The summed E-state index contributed by atoms with van der Waals surface area (Å²) in [4.78, 5) is 55.9. The molecule has 2 unspecified atom stereocenters. The first-order valence-corrected chi connectivity index (χ1v) is 14.1. The maximum absolute atomic E-state index is 13.3. The number of primary amides is 2. The number of ether oxygens (including phenoxy) is 2. The number of hydrogen-bond acceptors (Lipinski definition) is 8. The number of nitrogens with two attached hydrogens (primary N) is 2. The predicted octanol–water partition coefficient (Wildman–Crippen LogP) is 2.18. The van der Waals surface area contributed by atoms with Crippen LogP contribution in [0.2, 0.25) is 0 Å². The Kier molecular flexibility index (Phi) is 10.1. The molecule has 2 aliphatic heterocycles. The lowest BCUT2D eigenvalue weighted by atomic mass is 10.0. The lowest BCUT2D eigenvalue weighted by Crippen LogP contribution is -2.56. The second kappa shape index (κ2) is 13.7. The average molecular weight is 613 g/mol. The van der Waals surface area contributed by atoms with Crippen LogP contribution in [0.3, 0.4) is 0 Å². The van der Waals surface area contributed by atoms with Gasteiger partial charge < -0.3 is 40.8 Å². The summed E-state index contributed by atoms with van der Waals surface area (Å²) in [6.07, 6.45) is 0. The number of piperazine rings is 1. The zero-order valence-corrected chi connectivity index (χ0v) is 24.8. The van der Waals surface area contributed by atoms with E-state index in [9.17, 15) is 28.7 Å². The molecule has 3 amide bonds. The van der Waals surface area contributed by atoms with Crippen LogP contribution in [-0.4, -0.2) is 102 Å². The minimum Gasteiger partial charge on any atom is -0.496 e. The van der Waals surface area contributed by atoms with Crippen molar-refractivity contribution in [2.24, 2.45) is 11.5 Å². The fraction of sp³-hybridized carbons (Fsp3) is 0.400. The molecule has 6 N–H and O–H groups in total. The van der Waals surface area contributed by atoms with Crippen molar-refractivity contribution in [3.05, 3.63) is 58.9 Å². The largest absolute Gasteiger partial charge is 0.496 e. The first kappa shape index (κ1) is 32.2. The van der Waals surface area contributed by atoms with E-state index in [1.807, 2.05) is 18.7 Å². The molecule has 0 bridgehead atoms.